The fourth-order valence-electron chi connectivity index (χ4n) is 2.75. The van der Waals surface area contributed by atoms with E-state index in [9.17, 15) is 4.79 Å². The predicted molar refractivity (Wildman–Crippen MR) is 78.0 cm³/mol. The van der Waals surface area contributed by atoms with Gasteiger partial charge in [0.25, 0.3) is 0 Å². The predicted octanol–water partition coefficient (Wildman–Crippen LogP) is 2.10. The molecular weight excluding hydrogens is 270 g/mol. The largest absolute Gasteiger partial charge is 0.454 e. The van der Waals surface area contributed by atoms with Gasteiger partial charge >= 0.3 is 0 Å². The van der Waals surface area contributed by atoms with E-state index < -0.39 is 0 Å². The van der Waals surface area contributed by atoms with E-state index in [0.717, 1.165) is 32.5 Å². The summed E-state index contributed by atoms with van der Waals surface area (Å²) in [5.74, 6) is 1.47. The number of hydrogen-bond donors (Lipinski definition) is 0. The molecule has 5 heteroatoms. The van der Waals surface area contributed by atoms with Gasteiger partial charge in [0.1, 0.15) is 0 Å². The Kier molecular flexibility index (Phi) is 4.41. The van der Waals surface area contributed by atoms with Crippen LogP contribution in [0.15, 0.2) is 18.2 Å². The van der Waals surface area contributed by atoms with Gasteiger partial charge in [0.15, 0.2) is 17.3 Å². The number of hydrogen-bond acceptors (Lipinski definition) is 5. The Balaban J connectivity index is 1.61. The summed E-state index contributed by atoms with van der Waals surface area (Å²) < 4.78 is 16.2. The molecule has 3 rings (SSSR count). The molecule has 5 nitrogen and oxygen atoms in total. The van der Waals surface area contributed by atoms with E-state index in [1.54, 1.807) is 18.2 Å². The monoisotopic (exact) mass is 291 g/mol. The molecule has 0 bridgehead atoms. The van der Waals surface area contributed by atoms with Gasteiger partial charge in [-0.05, 0) is 37.6 Å². The maximum atomic E-state index is 12.4. The lowest BCUT2D eigenvalue weighted by atomic mass is 10.1. The van der Waals surface area contributed by atoms with Crippen LogP contribution in [0.4, 0.5) is 0 Å². The van der Waals surface area contributed by atoms with Crippen LogP contribution in [-0.2, 0) is 4.74 Å². The summed E-state index contributed by atoms with van der Waals surface area (Å²) in [6.45, 7) is 5.23. The Morgan fingerprint density at radius 3 is 2.95 bits per heavy atom. The van der Waals surface area contributed by atoms with Gasteiger partial charge in [-0.15, -0.1) is 0 Å². The number of carbonyl (C=O) groups excluding carboxylic acids is 1. The minimum atomic E-state index is 0.105. The second kappa shape index (κ2) is 6.45. The molecule has 2 aliphatic heterocycles. The van der Waals surface area contributed by atoms with Crippen LogP contribution in [-0.4, -0.2) is 49.8 Å². The zero-order valence-electron chi connectivity index (χ0n) is 12.3. The summed E-state index contributed by atoms with van der Waals surface area (Å²) >= 11 is 0. The van der Waals surface area contributed by atoms with Crippen LogP contribution in [0.25, 0.3) is 0 Å². The summed E-state index contributed by atoms with van der Waals surface area (Å²) in [6, 6.07) is 5.37. The van der Waals surface area contributed by atoms with Crippen molar-refractivity contribution in [3.8, 4) is 11.5 Å². The molecule has 114 valence electrons. The highest BCUT2D eigenvalue weighted by atomic mass is 16.7. The normalized spacial score (nSPS) is 20.2. The van der Waals surface area contributed by atoms with Crippen LogP contribution in [0.5, 0.6) is 11.5 Å². The summed E-state index contributed by atoms with van der Waals surface area (Å²) in [5.41, 5.74) is 0.671. The summed E-state index contributed by atoms with van der Waals surface area (Å²) in [7, 11) is 0. The molecular formula is C16H21NO4. The molecule has 0 saturated carbocycles. The number of nitrogens with zero attached hydrogens (tertiary/aromatic N) is 1. The molecule has 1 saturated heterocycles. The Hall–Kier alpha value is -1.59. The number of Topliss-reactive ketones (excluding diaryl/α,β-unsaturated/α-hetero) is 1. The first-order chi connectivity index (χ1) is 10.3. The first-order valence-corrected chi connectivity index (χ1v) is 7.53. The standard InChI is InChI=1S/C16H21NO4/c1-2-17(9-13-4-3-7-19-13)10-14(18)12-5-6-15-16(8-12)21-11-20-15/h5-6,8,13H,2-4,7,9-11H2,1H3. The molecule has 1 unspecified atom stereocenters. The van der Waals surface area contributed by atoms with Gasteiger partial charge < -0.3 is 14.2 Å². The molecule has 0 spiro atoms. The molecule has 0 radical (unpaired) electrons. The zero-order chi connectivity index (χ0) is 14.7. The van der Waals surface area contributed by atoms with E-state index in [1.165, 1.54) is 0 Å². The average Bonchev–Trinajstić information content (AvgIpc) is 3.16. The highest BCUT2D eigenvalue weighted by Gasteiger charge is 2.21. The molecule has 1 atom stereocenters. The number of rotatable bonds is 6. The van der Waals surface area contributed by atoms with Gasteiger partial charge in [-0.3, -0.25) is 9.69 Å². The van der Waals surface area contributed by atoms with E-state index in [1.807, 2.05) is 0 Å². The number of carbonyl (C=O) groups is 1. The molecule has 0 N–H and O–H groups in total. The average molecular weight is 291 g/mol. The van der Waals surface area contributed by atoms with Crippen molar-refractivity contribution < 1.29 is 19.0 Å². The van der Waals surface area contributed by atoms with E-state index in [4.69, 9.17) is 14.2 Å². The fourth-order valence-corrected chi connectivity index (χ4v) is 2.75. The third-order valence-corrected chi connectivity index (χ3v) is 3.99. The molecule has 1 fully saturated rings. The first-order valence-electron chi connectivity index (χ1n) is 7.53. The fraction of sp³-hybridized carbons (Fsp3) is 0.562. The van der Waals surface area contributed by atoms with Crippen LogP contribution in [0.2, 0.25) is 0 Å². The second-order valence-electron chi connectivity index (χ2n) is 5.45. The Morgan fingerprint density at radius 1 is 1.33 bits per heavy atom. The highest BCUT2D eigenvalue weighted by Crippen LogP contribution is 2.32. The van der Waals surface area contributed by atoms with Gasteiger partial charge in [0.05, 0.1) is 12.6 Å². The highest BCUT2D eigenvalue weighted by molar-refractivity contribution is 5.98. The minimum Gasteiger partial charge on any atom is -0.454 e. The summed E-state index contributed by atoms with van der Waals surface area (Å²) in [6.07, 6.45) is 2.49. The van der Waals surface area contributed by atoms with E-state index in [2.05, 4.69) is 11.8 Å². The first kappa shape index (κ1) is 14.4. The molecule has 21 heavy (non-hydrogen) atoms. The number of ketones is 1. The third kappa shape index (κ3) is 3.36. The number of benzene rings is 1. The lowest BCUT2D eigenvalue weighted by Crippen LogP contribution is -2.36. The Morgan fingerprint density at radius 2 is 2.19 bits per heavy atom. The van der Waals surface area contributed by atoms with Crippen LogP contribution in [0.3, 0.4) is 0 Å². The third-order valence-electron chi connectivity index (χ3n) is 3.99. The van der Waals surface area contributed by atoms with Gasteiger partial charge in [0, 0.05) is 18.7 Å². The molecule has 2 aliphatic rings. The van der Waals surface area contributed by atoms with Crippen molar-refractivity contribution in [1.82, 2.24) is 4.90 Å². The molecule has 0 aromatic heterocycles. The van der Waals surface area contributed by atoms with Gasteiger partial charge in [-0.2, -0.15) is 0 Å². The van der Waals surface area contributed by atoms with Crippen LogP contribution >= 0.6 is 0 Å². The molecule has 0 amide bonds. The molecule has 2 heterocycles. The second-order valence-corrected chi connectivity index (χ2v) is 5.45. The van der Waals surface area contributed by atoms with Gasteiger partial charge in [-0.1, -0.05) is 6.92 Å². The van der Waals surface area contributed by atoms with Crippen LogP contribution < -0.4 is 9.47 Å². The Bertz CT molecular complexity index is 511. The van der Waals surface area contributed by atoms with E-state index >= 15 is 0 Å². The quantitative estimate of drug-likeness (QED) is 0.751. The number of likely N-dealkylation sites (N-methyl/N-ethyl adjacent to an activating group) is 1. The topological polar surface area (TPSA) is 48.0 Å². The van der Waals surface area contributed by atoms with Gasteiger partial charge in [0.2, 0.25) is 6.79 Å². The lowest BCUT2D eigenvalue weighted by molar-refractivity contribution is 0.0686. The van der Waals surface area contributed by atoms with Crippen molar-refractivity contribution in [3.05, 3.63) is 23.8 Å². The Labute approximate surface area is 124 Å². The SMILES string of the molecule is CCN(CC(=O)c1ccc2c(c1)OCO2)CC1CCCO1. The molecule has 1 aromatic carbocycles. The van der Waals surface area contributed by atoms with Gasteiger partial charge in [-0.25, -0.2) is 0 Å². The van der Waals surface area contributed by atoms with Crippen molar-refractivity contribution in [2.75, 3.05) is 33.0 Å². The lowest BCUT2D eigenvalue weighted by Gasteiger charge is -2.22. The van der Waals surface area contributed by atoms with Crippen LogP contribution in [0.1, 0.15) is 30.1 Å². The van der Waals surface area contributed by atoms with Crippen molar-refractivity contribution in [2.24, 2.45) is 0 Å². The maximum Gasteiger partial charge on any atom is 0.231 e. The molecule has 0 aliphatic carbocycles. The minimum absolute atomic E-state index is 0.105. The van der Waals surface area contributed by atoms with Crippen LogP contribution in [0, 0.1) is 0 Å². The van der Waals surface area contributed by atoms with Crippen molar-refractivity contribution in [1.29, 1.82) is 0 Å². The zero-order valence-corrected chi connectivity index (χ0v) is 12.3. The van der Waals surface area contributed by atoms with Crippen molar-refractivity contribution >= 4 is 5.78 Å². The summed E-state index contributed by atoms with van der Waals surface area (Å²) in [5, 5.41) is 0. The van der Waals surface area contributed by atoms with E-state index in [-0.39, 0.29) is 18.7 Å². The van der Waals surface area contributed by atoms with Crippen molar-refractivity contribution in [2.45, 2.75) is 25.9 Å². The molecule has 1 aromatic rings. The van der Waals surface area contributed by atoms with E-state index in [0.29, 0.717) is 23.6 Å². The van der Waals surface area contributed by atoms with Crippen molar-refractivity contribution in [3.63, 3.8) is 0 Å². The number of fused-ring (bicyclic) bond motifs is 1. The number of ether oxygens (including phenoxy) is 3. The maximum absolute atomic E-state index is 12.4. The smallest absolute Gasteiger partial charge is 0.231 e. The summed E-state index contributed by atoms with van der Waals surface area (Å²) in [4.78, 5) is 14.6.